The number of rotatable bonds is 7. The molecule has 0 aliphatic carbocycles. The first-order valence-corrected chi connectivity index (χ1v) is 10.5. The Morgan fingerprint density at radius 2 is 1.79 bits per heavy atom. The van der Waals surface area contributed by atoms with Crippen molar-refractivity contribution >= 4 is 30.1 Å². The summed E-state index contributed by atoms with van der Waals surface area (Å²) in [4.78, 5) is 15.8. The van der Waals surface area contributed by atoms with Crippen LogP contribution in [0.4, 0.5) is 4.39 Å². The molecule has 1 saturated heterocycles. The number of carbonyl (C=O) groups excluding carboxylic acids is 1. The highest BCUT2D eigenvalue weighted by molar-refractivity contribution is 8.00. The third kappa shape index (κ3) is 5.97. The molecule has 28 heavy (non-hydrogen) atoms. The lowest BCUT2D eigenvalue weighted by Gasteiger charge is -2.34. The second-order valence-electron chi connectivity index (χ2n) is 7.00. The molecular formula is C22H28ClFN2OS. The van der Waals surface area contributed by atoms with Gasteiger partial charge in [-0.1, -0.05) is 42.5 Å². The molecule has 1 aliphatic heterocycles. The summed E-state index contributed by atoms with van der Waals surface area (Å²) >= 11 is 1.31. The van der Waals surface area contributed by atoms with Crippen LogP contribution >= 0.6 is 24.2 Å². The summed E-state index contributed by atoms with van der Waals surface area (Å²) in [5.41, 5.74) is 0.924. The van der Waals surface area contributed by atoms with E-state index in [4.69, 9.17) is 0 Å². The second kappa shape index (κ2) is 11.4. The molecule has 0 spiro atoms. The van der Waals surface area contributed by atoms with Crippen molar-refractivity contribution in [2.24, 2.45) is 5.92 Å². The van der Waals surface area contributed by atoms with E-state index in [1.165, 1.54) is 17.8 Å². The topological polar surface area (TPSA) is 32.3 Å². The van der Waals surface area contributed by atoms with Crippen LogP contribution in [0.15, 0.2) is 59.5 Å². The van der Waals surface area contributed by atoms with Gasteiger partial charge in [0.15, 0.2) is 0 Å². The van der Waals surface area contributed by atoms with Crippen molar-refractivity contribution in [3.05, 3.63) is 66.0 Å². The normalized spacial score (nSPS) is 15.7. The van der Waals surface area contributed by atoms with E-state index in [0.717, 1.165) is 44.5 Å². The highest BCUT2D eigenvalue weighted by atomic mass is 35.5. The number of amides is 1. The Morgan fingerprint density at radius 3 is 2.43 bits per heavy atom. The van der Waals surface area contributed by atoms with Gasteiger partial charge >= 0.3 is 0 Å². The van der Waals surface area contributed by atoms with Gasteiger partial charge in [0.05, 0.1) is 0 Å². The van der Waals surface area contributed by atoms with E-state index in [2.05, 4.69) is 5.32 Å². The molecule has 0 bridgehead atoms. The van der Waals surface area contributed by atoms with E-state index in [9.17, 15) is 9.18 Å². The van der Waals surface area contributed by atoms with Gasteiger partial charge in [-0.05, 0) is 56.5 Å². The van der Waals surface area contributed by atoms with Crippen molar-refractivity contribution in [2.45, 2.75) is 29.4 Å². The molecule has 1 heterocycles. The molecule has 2 aromatic rings. The number of benzene rings is 2. The number of carbonyl (C=O) groups is 1. The van der Waals surface area contributed by atoms with Gasteiger partial charge in [-0.2, -0.15) is 0 Å². The Kier molecular flexibility index (Phi) is 9.29. The summed E-state index contributed by atoms with van der Waals surface area (Å²) in [6, 6.07) is 16.4. The maximum Gasteiger partial charge on any atom is 0.240 e. The molecular weight excluding hydrogens is 395 g/mol. The highest BCUT2D eigenvalue weighted by Gasteiger charge is 2.30. The largest absolute Gasteiger partial charge is 0.341 e. The zero-order valence-electron chi connectivity index (χ0n) is 16.1. The van der Waals surface area contributed by atoms with E-state index >= 15 is 0 Å². The molecule has 1 aliphatic rings. The Bertz CT molecular complexity index is 738. The molecule has 1 amide bonds. The number of halogens is 2. The Hall–Kier alpha value is -1.56. The lowest BCUT2D eigenvalue weighted by molar-refractivity contribution is -0.132. The number of nitrogens with one attached hydrogen (secondary N) is 1. The second-order valence-corrected chi connectivity index (χ2v) is 8.15. The molecule has 152 valence electrons. The van der Waals surface area contributed by atoms with Crippen LogP contribution in [0.1, 0.15) is 30.1 Å². The number of hydrogen-bond acceptors (Lipinski definition) is 3. The number of thioether (sulfide) groups is 1. The molecule has 1 atom stereocenters. The molecule has 0 saturated carbocycles. The minimum Gasteiger partial charge on any atom is -0.341 e. The summed E-state index contributed by atoms with van der Waals surface area (Å²) in [7, 11) is 1.98. The third-order valence-electron chi connectivity index (χ3n) is 5.14. The minimum absolute atomic E-state index is 0. The first-order chi connectivity index (χ1) is 13.2. The fraction of sp³-hybridized carbons (Fsp3) is 0.409. The van der Waals surface area contributed by atoms with Crippen LogP contribution < -0.4 is 5.32 Å². The minimum atomic E-state index is -0.419. The predicted octanol–water partition coefficient (Wildman–Crippen LogP) is 4.93. The van der Waals surface area contributed by atoms with Crippen molar-refractivity contribution in [3.63, 3.8) is 0 Å². The first kappa shape index (κ1) is 22.7. The summed E-state index contributed by atoms with van der Waals surface area (Å²) in [6.07, 6.45) is 3.24. The van der Waals surface area contributed by atoms with Crippen molar-refractivity contribution < 1.29 is 9.18 Å². The van der Waals surface area contributed by atoms with Crippen molar-refractivity contribution in [3.8, 4) is 0 Å². The van der Waals surface area contributed by atoms with Crippen LogP contribution in [-0.4, -0.2) is 37.5 Å². The molecule has 0 aromatic heterocycles. The number of likely N-dealkylation sites (tertiary alicyclic amines) is 1. The average Bonchev–Trinajstić information content (AvgIpc) is 2.72. The van der Waals surface area contributed by atoms with Crippen LogP contribution in [0.3, 0.4) is 0 Å². The lowest BCUT2D eigenvalue weighted by atomic mass is 9.93. The summed E-state index contributed by atoms with van der Waals surface area (Å²) in [5, 5.41) is 2.78. The first-order valence-electron chi connectivity index (χ1n) is 9.58. The van der Waals surface area contributed by atoms with Crippen molar-refractivity contribution in [2.75, 3.05) is 26.7 Å². The summed E-state index contributed by atoms with van der Waals surface area (Å²) in [5.74, 6) is 0.486. The van der Waals surface area contributed by atoms with E-state index in [1.54, 1.807) is 12.1 Å². The number of hydrogen-bond donors (Lipinski definition) is 1. The number of piperidine rings is 1. The van der Waals surface area contributed by atoms with Crippen molar-refractivity contribution in [1.82, 2.24) is 10.2 Å². The third-order valence-corrected chi connectivity index (χ3v) is 6.43. The van der Waals surface area contributed by atoms with Crippen LogP contribution in [0, 0.1) is 11.7 Å². The van der Waals surface area contributed by atoms with Gasteiger partial charge in [0, 0.05) is 18.0 Å². The van der Waals surface area contributed by atoms with Gasteiger partial charge in [0.1, 0.15) is 11.1 Å². The molecule has 2 aromatic carbocycles. The van der Waals surface area contributed by atoms with E-state index in [1.807, 2.05) is 48.3 Å². The van der Waals surface area contributed by atoms with Gasteiger partial charge in [-0.3, -0.25) is 4.79 Å². The summed E-state index contributed by atoms with van der Waals surface area (Å²) in [6.45, 7) is 2.59. The molecule has 3 nitrogen and oxygen atoms in total. The highest BCUT2D eigenvalue weighted by Crippen LogP contribution is 2.38. The van der Waals surface area contributed by atoms with E-state index < -0.39 is 5.25 Å². The monoisotopic (exact) mass is 422 g/mol. The smallest absolute Gasteiger partial charge is 0.240 e. The van der Waals surface area contributed by atoms with Gasteiger partial charge < -0.3 is 10.2 Å². The molecule has 6 heteroatoms. The molecule has 1 N–H and O–H groups in total. The maximum atomic E-state index is 14.2. The average molecular weight is 423 g/mol. The predicted molar refractivity (Wildman–Crippen MR) is 117 cm³/mol. The number of nitrogens with zero attached hydrogens (tertiary/aromatic N) is 1. The standard InChI is InChI=1S/C22H27FN2OS.ClH/c1-24-14-11-17-12-15-25(16-13-17)22(26)21(18-7-3-2-4-8-18)27-20-10-6-5-9-19(20)23;/h2-10,17,21,24H,11-16H2,1H3;1H. The van der Waals surface area contributed by atoms with Crippen LogP contribution in [0.5, 0.6) is 0 Å². The van der Waals surface area contributed by atoms with Crippen molar-refractivity contribution in [1.29, 1.82) is 0 Å². The fourth-order valence-corrected chi connectivity index (χ4v) is 4.65. The van der Waals surface area contributed by atoms with Gasteiger partial charge in [0.25, 0.3) is 0 Å². The molecule has 3 rings (SSSR count). The van der Waals surface area contributed by atoms with E-state index in [-0.39, 0.29) is 24.1 Å². The Morgan fingerprint density at radius 1 is 1.14 bits per heavy atom. The molecule has 0 radical (unpaired) electrons. The molecule has 1 unspecified atom stereocenters. The maximum absolute atomic E-state index is 14.2. The van der Waals surface area contributed by atoms with Gasteiger partial charge in [0.2, 0.25) is 5.91 Å². The summed E-state index contributed by atoms with van der Waals surface area (Å²) < 4.78 is 14.2. The van der Waals surface area contributed by atoms with Crippen LogP contribution in [-0.2, 0) is 4.79 Å². The molecule has 1 fully saturated rings. The SMILES string of the molecule is CNCCC1CCN(C(=O)C(Sc2ccccc2F)c2ccccc2)CC1.Cl. The van der Waals surface area contributed by atoms with Crippen LogP contribution in [0.25, 0.3) is 0 Å². The van der Waals surface area contributed by atoms with E-state index in [0.29, 0.717) is 10.8 Å². The zero-order chi connectivity index (χ0) is 19.1. The lowest BCUT2D eigenvalue weighted by Crippen LogP contribution is -2.41. The Labute approximate surface area is 177 Å². The fourth-order valence-electron chi connectivity index (χ4n) is 3.51. The zero-order valence-corrected chi connectivity index (χ0v) is 17.8. The van der Waals surface area contributed by atoms with Crippen LogP contribution in [0.2, 0.25) is 0 Å². The van der Waals surface area contributed by atoms with Gasteiger partial charge in [-0.15, -0.1) is 24.2 Å². The quantitative estimate of drug-likeness (QED) is 0.642. The van der Waals surface area contributed by atoms with Gasteiger partial charge in [-0.25, -0.2) is 4.39 Å². The Balaban J connectivity index is 0.00000280.